The number of para-hydroxylation sites is 2. The molecule has 2 aromatic carbocycles. The third kappa shape index (κ3) is 3.51. The van der Waals surface area contributed by atoms with E-state index in [0.717, 1.165) is 12.8 Å². The van der Waals surface area contributed by atoms with Gasteiger partial charge in [-0.2, -0.15) is 0 Å². The van der Waals surface area contributed by atoms with Crippen LogP contribution in [0.25, 0.3) is 0 Å². The van der Waals surface area contributed by atoms with E-state index in [-0.39, 0.29) is 5.91 Å². The number of fused-ring (bicyclic) bond motifs is 1. The summed E-state index contributed by atoms with van der Waals surface area (Å²) < 4.78 is 10.7. The highest BCUT2D eigenvalue weighted by Gasteiger charge is 2.52. The maximum absolute atomic E-state index is 13.2. The molecule has 1 saturated carbocycles. The van der Waals surface area contributed by atoms with Crippen LogP contribution >= 0.6 is 0 Å². The fourth-order valence-corrected chi connectivity index (χ4v) is 4.26. The van der Waals surface area contributed by atoms with Gasteiger partial charge in [0.25, 0.3) is 11.8 Å². The topological polar surface area (TPSA) is 84.9 Å². The predicted molar refractivity (Wildman–Crippen MR) is 112 cm³/mol. The first-order valence-electron chi connectivity index (χ1n) is 10.2. The van der Waals surface area contributed by atoms with Gasteiger partial charge in [-0.05, 0) is 56.2 Å². The Kier molecular flexibility index (Phi) is 5.44. The van der Waals surface area contributed by atoms with Gasteiger partial charge in [-0.25, -0.2) is 4.79 Å². The van der Waals surface area contributed by atoms with Crippen LogP contribution in [0.1, 0.15) is 43.0 Å². The molecule has 1 aliphatic carbocycles. The molecule has 1 heterocycles. The third-order valence-electron chi connectivity index (χ3n) is 5.65. The van der Waals surface area contributed by atoms with Gasteiger partial charge >= 0.3 is 5.97 Å². The summed E-state index contributed by atoms with van der Waals surface area (Å²) >= 11 is 0. The molecule has 0 saturated heterocycles. The molecule has 1 spiro atoms. The van der Waals surface area contributed by atoms with Crippen LogP contribution in [0.4, 0.5) is 11.4 Å². The zero-order valence-corrected chi connectivity index (χ0v) is 16.8. The lowest BCUT2D eigenvalue weighted by Gasteiger charge is -2.44. The third-order valence-corrected chi connectivity index (χ3v) is 5.65. The number of hydrogen-bond donors (Lipinski definition) is 1. The molecule has 2 aliphatic rings. The van der Waals surface area contributed by atoms with Gasteiger partial charge in [-0.1, -0.05) is 25.0 Å². The van der Waals surface area contributed by atoms with Gasteiger partial charge in [0.1, 0.15) is 11.3 Å². The number of hydrogen-bond acceptors (Lipinski definition) is 5. The molecule has 2 amide bonds. The summed E-state index contributed by atoms with van der Waals surface area (Å²) in [5, 5.41) is 2.93. The molecule has 4 rings (SSSR count). The van der Waals surface area contributed by atoms with Crippen LogP contribution in [-0.4, -0.2) is 36.5 Å². The van der Waals surface area contributed by atoms with Crippen molar-refractivity contribution in [3.8, 4) is 5.75 Å². The first kappa shape index (κ1) is 19.9. The number of esters is 1. The monoisotopic (exact) mass is 408 g/mol. The van der Waals surface area contributed by atoms with E-state index in [0.29, 0.717) is 42.1 Å². The summed E-state index contributed by atoms with van der Waals surface area (Å²) in [7, 11) is 0. The standard InChI is InChI=1S/C23H24N2O5/c1-2-29-17-11-9-16(10-12-17)21(27)30-15-20(26)25-19-8-4-3-7-18(19)24-22(28)23(25)13-5-6-14-23/h3-4,7-12H,2,5-6,13-15H2,1H3,(H,24,28). The zero-order chi connectivity index (χ0) is 21.1. The Morgan fingerprint density at radius 1 is 1.07 bits per heavy atom. The van der Waals surface area contributed by atoms with E-state index in [1.807, 2.05) is 13.0 Å². The lowest BCUT2D eigenvalue weighted by Crippen LogP contribution is -2.61. The first-order valence-corrected chi connectivity index (χ1v) is 10.2. The van der Waals surface area contributed by atoms with Crippen molar-refractivity contribution >= 4 is 29.2 Å². The number of nitrogens with one attached hydrogen (secondary N) is 1. The Morgan fingerprint density at radius 2 is 1.77 bits per heavy atom. The van der Waals surface area contributed by atoms with E-state index >= 15 is 0 Å². The fraction of sp³-hybridized carbons (Fsp3) is 0.348. The number of ether oxygens (including phenoxy) is 2. The first-order chi connectivity index (χ1) is 14.5. The van der Waals surface area contributed by atoms with Crippen molar-refractivity contribution in [2.45, 2.75) is 38.1 Å². The van der Waals surface area contributed by atoms with Gasteiger partial charge in [0.05, 0.1) is 23.5 Å². The van der Waals surface area contributed by atoms with Crippen LogP contribution in [-0.2, 0) is 14.3 Å². The number of anilines is 2. The minimum Gasteiger partial charge on any atom is -0.494 e. The molecule has 2 aromatic rings. The van der Waals surface area contributed by atoms with Crippen molar-refractivity contribution in [2.24, 2.45) is 0 Å². The van der Waals surface area contributed by atoms with Gasteiger partial charge in [-0.3, -0.25) is 14.5 Å². The van der Waals surface area contributed by atoms with Crippen molar-refractivity contribution in [3.63, 3.8) is 0 Å². The minimum atomic E-state index is -0.920. The summed E-state index contributed by atoms with van der Waals surface area (Å²) in [6.45, 7) is 1.98. The molecule has 1 aliphatic heterocycles. The second-order valence-electron chi connectivity index (χ2n) is 7.47. The van der Waals surface area contributed by atoms with E-state index in [4.69, 9.17) is 9.47 Å². The molecular formula is C23H24N2O5. The highest BCUT2D eigenvalue weighted by molar-refractivity contribution is 6.15. The number of rotatable bonds is 5. The largest absolute Gasteiger partial charge is 0.494 e. The molecule has 1 fully saturated rings. The molecule has 7 nitrogen and oxygen atoms in total. The lowest BCUT2D eigenvalue weighted by atomic mass is 9.90. The lowest BCUT2D eigenvalue weighted by molar-refractivity contribution is -0.129. The molecule has 0 aromatic heterocycles. The van der Waals surface area contributed by atoms with Gasteiger partial charge in [0, 0.05) is 0 Å². The minimum absolute atomic E-state index is 0.176. The Morgan fingerprint density at radius 3 is 2.47 bits per heavy atom. The van der Waals surface area contributed by atoms with Crippen LogP contribution in [0.3, 0.4) is 0 Å². The summed E-state index contributed by atoms with van der Waals surface area (Å²) in [4.78, 5) is 40.1. The molecule has 1 N–H and O–H groups in total. The Labute approximate surface area is 175 Å². The van der Waals surface area contributed by atoms with Crippen molar-refractivity contribution in [1.29, 1.82) is 0 Å². The summed E-state index contributed by atoms with van der Waals surface area (Å²) in [5.74, 6) is -0.519. The number of carbonyl (C=O) groups excluding carboxylic acids is 3. The van der Waals surface area contributed by atoms with Crippen LogP contribution in [0.15, 0.2) is 48.5 Å². The second kappa shape index (κ2) is 8.18. The normalized spacial score (nSPS) is 16.7. The van der Waals surface area contributed by atoms with Crippen molar-refractivity contribution in [3.05, 3.63) is 54.1 Å². The Bertz CT molecular complexity index is 964. The summed E-state index contributed by atoms with van der Waals surface area (Å²) in [6.07, 6.45) is 2.91. The Balaban J connectivity index is 1.52. The predicted octanol–water partition coefficient (Wildman–Crippen LogP) is 3.54. The van der Waals surface area contributed by atoms with E-state index in [1.54, 1.807) is 47.4 Å². The average Bonchev–Trinajstić information content (AvgIpc) is 3.24. The number of amides is 2. The smallest absolute Gasteiger partial charge is 0.338 e. The number of nitrogens with zero attached hydrogens (tertiary/aromatic N) is 1. The molecule has 0 bridgehead atoms. The van der Waals surface area contributed by atoms with Crippen LogP contribution in [0.5, 0.6) is 5.75 Å². The molecule has 0 radical (unpaired) electrons. The fourth-order valence-electron chi connectivity index (χ4n) is 4.26. The number of carbonyl (C=O) groups is 3. The molecule has 0 unspecified atom stereocenters. The van der Waals surface area contributed by atoms with E-state index in [9.17, 15) is 14.4 Å². The van der Waals surface area contributed by atoms with E-state index < -0.39 is 24.0 Å². The SMILES string of the molecule is CCOc1ccc(C(=O)OCC(=O)N2c3ccccc3NC(=O)C23CCCC3)cc1. The highest BCUT2D eigenvalue weighted by atomic mass is 16.5. The maximum atomic E-state index is 13.2. The van der Waals surface area contributed by atoms with Crippen LogP contribution in [0, 0.1) is 0 Å². The van der Waals surface area contributed by atoms with E-state index in [2.05, 4.69) is 5.32 Å². The molecule has 156 valence electrons. The summed E-state index contributed by atoms with van der Waals surface area (Å²) in [6, 6.07) is 13.8. The average molecular weight is 408 g/mol. The van der Waals surface area contributed by atoms with Crippen molar-refractivity contribution < 1.29 is 23.9 Å². The van der Waals surface area contributed by atoms with Gasteiger partial charge in [0.2, 0.25) is 0 Å². The van der Waals surface area contributed by atoms with Crippen molar-refractivity contribution in [1.82, 2.24) is 0 Å². The van der Waals surface area contributed by atoms with Gasteiger partial charge in [-0.15, -0.1) is 0 Å². The maximum Gasteiger partial charge on any atom is 0.338 e. The van der Waals surface area contributed by atoms with Crippen molar-refractivity contribution in [2.75, 3.05) is 23.4 Å². The number of benzene rings is 2. The summed E-state index contributed by atoms with van der Waals surface area (Å²) in [5.41, 5.74) is 0.641. The molecule has 30 heavy (non-hydrogen) atoms. The Hall–Kier alpha value is -3.35. The van der Waals surface area contributed by atoms with E-state index in [1.165, 1.54) is 0 Å². The molecule has 0 atom stereocenters. The van der Waals surface area contributed by atoms with Gasteiger partial charge in [0.15, 0.2) is 6.61 Å². The second-order valence-corrected chi connectivity index (χ2v) is 7.47. The van der Waals surface area contributed by atoms with Crippen LogP contribution < -0.4 is 15.0 Å². The molecule has 7 heteroatoms. The quantitative estimate of drug-likeness (QED) is 0.765. The highest BCUT2D eigenvalue weighted by Crippen LogP contribution is 2.45. The van der Waals surface area contributed by atoms with Gasteiger partial charge < -0.3 is 14.8 Å². The van der Waals surface area contributed by atoms with Crippen LogP contribution in [0.2, 0.25) is 0 Å². The molecular weight excluding hydrogens is 384 g/mol. The zero-order valence-electron chi connectivity index (χ0n) is 16.8.